The fraction of sp³-hybridized carbons (Fsp3) is 0.818. The molecule has 0 amide bonds. The maximum atomic E-state index is 11.2. The second-order valence-corrected chi connectivity index (χ2v) is 5.20. The monoisotopic (exact) mass is 247 g/mol. The smallest absolute Gasteiger partial charge is 0.480 e. The molecule has 6 heteroatoms. The summed E-state index contributed by atoms with van der Waals surface area (Å²) in [5.41, 5.74) is 1.53. The van der Waals surface area contributed by atoms with E-state index >= 15 is 0 Å². The molecule has 0 rings (SSSR count). The summed E-state index contributed by atoms with van der Waals surface area (Å²) in [7, 11) is 0. The number of hydroxylamine groups is 1. The Kier molecular flexibility index (Phi) is 5.95. The Bertz CT molecular complexity index is 270. The molecule has 0 aromatic rings. The van der Waals surface area contributed by atoms with Crippen LogP contribution in [0.15, 0.2) is 0 Å². The number of carbonyl (C=O) groups is 2. The van der Waals surface area contributed by atoms with Crippen LogP contribution in [0.1, 0.15) is 41.0 Å². The van der Waals surface area contributed by atoms with Crippen molar-refractivity contribution in [3.63, 3.8) is 0 Å². The van der Waals surface area contributed by atoms with Crippen LogP contribution < -0.4 is 5.48 Å². The summed E-state index contributed by atoms with van der Waals surface area (Å²) in [4.78, 5) is 26.6. The van der Waals surface area contributed by atoms with Crippen LogP contribution in [0.3, 0.4) is 0 Å². The van der Waals surface area contributed by atoms with Gasteiger partial charge in [0.05, 0.1) is 0 Å². The van der Waals surface area contributed by atoms with Gasteiger partial charge in [0, 0.05) is 0 Å². The maximum Gasteiger partial charge on any atom is 0.528 e. The minimum absolute atomic E-state index is 0.172. The van der Waals surface area contributed by atoms with Gasteiger partial charge in [0.2, 0.25) is 0 Å². The Labute approximate surface area is 101 Å². The molecule has 0 bridgehead atoms. The molecular formula is C11H21NO5. The van der Waals surface area contributed by atoms with Crippen molar-refractivity contribution >= 4 is 12.1 Å². The second-order valence-electron chi connectivity index (χ2n) is 5.20. The van der Waals surface area contributed by atoms with Crippen molar-refractivity contribution in [1.29, 1.82) is 0 Å². The third kappa shape index (κ3) is 8.50. The Balaban J connectivity index is 4.13. The largest absolute Gasteiger partial charge is 0.528 e. The van der Waals surface area contributed by atoms with E-state index in [0.717, 1.165) is 0 Å². The Morgan fingerprint density at radius 3 is 2.18 bits per heavy atom. The number of aliphatic carboxylic acids is 1. The second kappa shape index (κ2) is 6.44. The van der Waals surface area contributed by atoms with E-state index in [-0.39, 0.29) is 5.92 Å². The van der Waals surface area contributed by atoms with Gasteiger partial charge in [0.25, 0.3) is 0 Å². The number of hydrogen-bond donors (Lipinski definition) is 2. The molecular weight excluding hydrogens is 226 g/mol. The molecule has 2 N–H and O–H groups in total. The van der Waals surface area contributed by atoms with Gasteiger partial charge in [-0.15, -0.1) is 5.48 Å². The van der Waals surface area contributed by atoms with Crippen LogP contribution in [0.5, 0.6) is 0 Å². The Morgan fingerprint density at radius 1 is 1.29 bits per heavy atom. The fourth-order valence-corrected chi connectivity index (χ4v) is 1.06. The standard InChI is InChI=1S/C11H21NO5/c1-7(2)6-8(9(13)14)12-17-10(15)16-11(3,4)5/h7-8,12H,6H2,1-5H3,(H,13,14)/t8-/m0/s1. The molecule has 17 heavy (non-hydrogen) atoms. The molecule has 0 radical (unpaired) electrons. The normalized spacial score (nSPS) is 13.3. The molecule has 0 fully saturated rings. The first-order chi connectivity index (χ1) is 7.61. The lowest BCUT2D eigenvalue weighted by Crippen LogP contribution is -2.40. The highest BCUT2D eigenvalue weighted by molar-refractivity contribution is 5.73. The maximum absolute atomic E-state index is 11.2. The van der Waals surface area contributed by atoms with Gasteiger partial charge in [-0.05, 0) is 33.1 Å². The van der Waals surface area contributed by atoms with Crippen LogP contribution in [-0.2, 0) is 14.4 Å². The number of carboxylic acids is 1. The molecule has 0 aromatic carbocycles. The first-order valence-electron chi connectivity index (χ1n) is 5.50. The summed E-state index contributed by atoms with van der Waals surface area (Å²) in [6.07, 6.45) is -0.578. The predicted octanol–water partition coefficient (Wildman–Crippen LogP) is 1.94. The average Bonchev–Trinajstić information content (AvgIpc) is 2.08. The molecule has 0 aliphatic heterocycles. The third-order valence-electron chi connectivity index (χ3n) is 1.68. The van der Waals surface area contributed by atoms with E-state index in [1.165, 1.54) is 0 Å². The SMILES string of the molecule is CC(C)C[C@H](NOC(=O)OC(C)(C)C)C(=O)O. The highest BCUT2D eigenvalue weighted by atomic mass is 16.8. The zero-order chi connectivity index (χ0) is 13.6. The van der Waals surface area contributed by atoms with Crippen LogP contribution in [0.4, 0.5) is 4.79 Å². The molecule has 0 spiro atoms. The highest BCUT2D eigenvalue weighted by Gasteiger charge is 2.23. The highest BCUT2D eigenvalue weighted by Crippen LogP contribution is 2.09. The average molecular weight is 247 g/mol. The molecule has 0 unspecified atom stereocenters. The number of rotatable bonds is 5. The fourth-order valence-electron chi connectivity index (χ4n) is 1.06. The lowest BCUT2D eigenvalue weighted by atomic mass is 10.1. The number of hydrogen-bond acceptors (Lipinski definition) is 5. The van der Waals surface area contributed by atoms with Gasteiger partial charge in [-0.2, -0.15) is 0 Å². The minimum atomic E-state index is -1.07. The first kappa shape index (κ1) is 15.7. The molecule has 100 valence electrons. The minimum Gasteiger partial charge on any atom is -0.480 e. The number of ether oxygens (including phenoxy) is 1. The molecule has 0 aliphatic rings. The van der Waals surface area contributed by atoms with Crippen molar-refractivity contribution in [3.05, 3.63) is 0 Å². The summed E-state index contributed by atoms with van der Waals surface area (Å²) in [6, 6.07) is -0.928. The number of carboxylic acid groups (broad SMARTS) is 1. The summed E-state index contributed by atoms with van der Waals surface area (Å²) in [5.74, 6) is -0.895. The third-order valence-corrected chi connectivity index (χ3v) is 1.68. The van der Waals surface area contributed by atoms with E-state index in [1.54, 1.807) is 20.8 Å². The van der Waals surface area contributed by atoms with E-state index in [9.17, 15) is 9.59 Å². The van der Waals surface area contributed by atoms with Crippen LogP contribution in [0.2, 0.25) is 0 Å². The van der Waals surface area contributed by atoms with Gasteiger partial charge < -0.3 is 14.7 Å². The van der Waals surface area contributed by atoms with Gasteiger partial charge in [0.1, 0.15) is 11.6 Å². The topological polar surface area (TPSA) is 84.9 Å². The van der Waals surface area contributed by atoms with Gasteiger partial charge >= 0.3 is 12.1 Å². The van der Waals surface area contributed by atoms with E-state index < -0.39 is 23.8 Å². The lowest BCUT2D eigenvalue weighted by Gasteiger charge is -2.20. The van der Waals surface area contributed by atoms with Crippen LogP contribution >= 0.6 is 0 Å². The van der Waals surface area contributed by atoms with Crippen molar-refractivity contribution in [2.75, 3.05) is 0 Å². The zero-order valence-electron chi connectivity index (χ0n) is 10.9. The van der Waals surface area contributed by atoms with Crippen molar-refractivity contribution in [2.24, 2.45) is 5.92 Å². The van der Waals surface area contributed by atoms with Crippen molar-refractivity contribution in [3.8, 4) is 0 Å². The van der Waals surface area contributed by atoms with Gasteiger partial charge in [-0.3, -0.25) is 4.79 Å². The quantitative estimate of drug-likeness (QED) is 0.570. The van der Waals surface area contributed by atoms with E-state index in [0.29, 0.717) is 6.42 Å². The van der Waals surface area contributed by atoms with Gasteiger partial charge in [0.15, 0.2) is 0 Å². The van der Waals surface area contributed by atoms with Gasteiger partial charge in [-0.25, -0.2) is 4.79 Å². The van der Waals surface area contributed by atoms with Gasteiger partial charge in [-0.1, -0.05) is 13.8 Å². The summed E-state index contributed by atoms with van der Waals surface area (Å²) >= 11 is 0. The number of nitrogens with one attached hydrogen (secondary N) is 1. The lowest BCUT2D eigenvalue weighted by molar-refractivity contribution is -0.143. The zero-order valence-corrected chi connectivity index (χ0v) is 10.9. The summed E-state index contributed by atoms with van der Waals surface area (Å²) < 4.78 is 4.86. The van der Waals surface area contributed by atoms with Crippen molar-refractivity contribution in [2.45, 2.75) is 52.7 Å². The first-order valence-corrected chi connectivity index (χ1v) is 5.50. The summed E-state index contributed by atoms with van der Waals surface area (Å²) in [5, 5.41) is 8.87. The Hall–Kier alpha value is -1.30. The molecule has 0 aromatic heterocycles. The predicted molar refractivity (Wildman–Crippen MR) is 61.3 cm³/mol. The van der Waals surface area contributed by atoms with Crippen LogP contribution in [-0.4, -0.2) is 28.9 Å². The van der Waals surface area contributed by atoms with E-state index in [1.807, 2.05) is 13.8 Å². The van der Waals surface area contributed by atoms with Crippen LogP contribution in [0.25, 0.3) is 0 Å². The van der Waals surface area contributed by atoms with Crippen molar-refractivity contribution in [1.82, 2.24) is 5.48 Å². The Morgan fingerprint density at radius 2 is 1.82 bits per heavy atom. The summed E-state index contributed by atoms with van der Waals surface area (Å²) in [6.45, 7) is 8.83. The molecule has 0 saturated carbocycles. The van der Waals surface area contributed by atoms with E-state index in [2.05, 4.69) is 10.3 Å². The molecule has 1 atom stereocenters. The molecule has 0 aliphatic carbocycles. The number of carbonyl (C=O) groups excluding carboxylic acids is 1. The van der Waals surface area contributed by atoms with E-state index in [4.69, 9.17) is 9.84 Å². The van der Waals surface area contributed by atoms with Crippen LogP contribution in [0, 0.1) is 5.92 Å². The van der Waals surface area contributed by atoms with Crippen molar-refractivity contribution < 1.29 is 24.3 Å². The molecule has 0 saturated heterocycles. The molecule has 6 nitrogen and oxygen atoms in total. The molecule has 0 heterocycles.